The molecule has 2 rings (SSSR count). The first-order valence-electron chi connectivity index (χ1n) is 6.63. The van der Waals surface area contributed by atoms with Crippen molar-refractivity contribution < 1.29 is 9.13 Å². The molecule has 0 aromatic heterocycles. The van der Waals surface area contributed by atoms with Crippen molar-refractivity contribution in [1.29, 1.82) is 0 Å². The summed E-state index contributed by atoms with van der Waals surface area (Å²) in [5.74, 6) is 5.57. The Bertz CT molecular complexity index is 698. The van der Waals surface area contributed by atoms with E-state index in [0.717, 1.165) is 5.56 Å². The fraction of sp³-hybridized carbons (Fsp3) is 0.222. The molecule has 1 nitrogen and oxygen atoms in total. The normalized spacial score (nSPS) is 9.90. The molecular formula is C18H16ClFO. The second-order valence-electron chi connectivity index (χ2n) is 4.78. The van der Waals surface area contributed by atoms with Gasteiger partial charge in [0.25, 0.3) is 0 Å². The molecule has 2 aromatic carbocycles. The van der Waals surface area contributed by atoms with Crippen molar-refractivity contribution in [3.05, 3.63) is 64.5 Å². The van der Waals surface area contributed by atoms with Gasteiger partial charge in [-0.05, 0) is 42.7 Å². The average molecular weight is 303 g/mol. The summed E-state index contributed by atoms with van der Waals surface area (Å²) in [7, 11) is 0. The van der Waals surface area contributed by atoms with Crippen LogP contribution in [0.2, 0.25) is 0 Å². The summed E-state index contributed by atoms with van der Waals surface area (Å²) in [4.78, 5) is 0. The summed E-state index contributed by atoms with van der Waals surface area (Å²) in [5.41, 5.74) is 3.85. The Morgan fingerprint density at radius 3 is 2.57 bits per heavy atom. The summed E-state index contributed by atoms with van der Waals surface area (Å²) in [6.07, 6.45) is 0. The van der Waals surface area contributed by atoms with E-state index >= 15 is 0 Å². The monoisotopic (exact) mass is 302 g/mol. The van der Waals surface area contributed by atoms with E-state index in [1.807, 2.05) is 6.07 Å². The summed E-state index contributed by atoms with van der Waals surface area (Å²) in [6, 6.07) is 10.8. The van der Waals surface area contributed by atoms with Crippen LogP contribution < -0.4 is 4.74 Å². The summed E-state index contributed by atoms with van der Waals surface area (Å²) in [5, 5.41) is 0. The molecule has 0 aliphatic rings. The number of hydrogen-bond acceptors (Lipinski definition) is 1. The maximum absolute atomic E-state index is 13.8. The zero-order valence-corrected chi connectivity index (χ0v) is 12.8. The first-order chi connectivity index (χ1) is 10.1. The molecule has 0 bridgehead atoms. The van der Waals surface area contributed by atoms with Gasteiger partial charge in [-0.1, -0.05) is 30.0 Å². The van der Waals surface area contributed by atoms with Gasteiger partial charge in [0.1, 0.15) is 18.2 Å². The quantitative estimate of drug-likeness (QED) is 0.594. The number of alkyl halides is 1. The van der Waals surface area contributed by atoms with Crippen molar-refractivity contribution in [2.75, 3.05) is 5.88 Å². The van der Waals surface area contributed by atoms with Crippen molar-refractivity contribution in [2.24, 2.45) is 0 Å². The van der Waals surface area contributed by atoms with Crippen LogP contribution >= 0.6 is 11.6 Å². The smallest absolute Gasteiger partial charge is 0.142 e. The lowest BCUT2D eigenvalue weighted by Gasteiger charge is -2.08. The largest absolute Gasteiger partial charge is 0.489 e. The topological polar surface area (TPSA) is 9.23 Å². The van der Waals surface area contributed by atoms with Gasteiger partial charge in [-0.25, -0.2) is 4.39 Å². The van der Waals surface area contributed by atoms with Crippen LogP contribution in [0.1, 0.15) is 22.3 Å². The molecule has 0 saturated carbocycles. The minimum atomic E-state index is -0.398. The molecule has 0 aliphatic heterocycles. The van der Waals surface area contributed by atoms with Gasteiger partial charge in [0.15, 0.2) is 0 Å². The Labute approximate surface area is 129 Å². The zero-order chi connectivity index (χ0) is 15.2. The van der Waals surface area contributed by atoms with E-state index in [0.29, 0.717) is 17.9 Å². The maximum atomic E-state index is 13.8. The molecule has 0 aliphatic carbocycles. The van der Waals surface area contributed by atoms with Gasteiger partial charge in [-0.2, -0.15) is 0 Å². The molecule has 0 heterocycles. The highest BCUT2D eigenvalue weighted by molar-refractivity contribution is 6.19. The van der Waals surface area contributed by atoms with Gasteiger partial charge in [-0.3, -0.25) is 0 Å². The molecule has 0 fully saturated rings. The molecule has 0 spiro atoms. The van der Waals surface area contributed by atoms with Crippen molar-refractivity contribution in [2.45, 2.75) is 20.5 Å². The number of benzene rings is 2. The van der Waals surface area contributed by atoms with E-state index in [1.165, 1.54) is 17.2 Å². The molecule has 21 heavy (non-hydrogen) atoms. The molecule has 0 N–H and O–H groups in total. The van der Waals surface area contributed by atoms with Crippen LogP contribution in [-0.2, 0) is 6.61 Å². The Morgan fingerprint density at radius 2 is 1.90 bits per heavy atom. The Kier molecular flexibility index (Phi) is 5.25. The lowest BCUT2D eigenvalue weighted by Crippen LogP contribution is -1.97. The van der Waals surface area contributed by atoms with E-state index in [4.69, 9.17) is 16.3 Å². The lowest BCUT2D eigenvalue weighted by molar-refractivity contribution is 0.304. The van der Waals surface area contributed by atoms with Crippen LogP contribution in [0.3, 0.4) is 0 Å². The molecule has 0 saturated heterocycles. The van der Waals surface area contributed by atoms with Gasteiger partial charge < -0.3 is 4.74 Å². The number of halogens is 2. The maximum Gasteiger partial charge on any atom is 0.142 e. The Hall–Kier alpha value is -1.98. The zero-order valence-electron chi connectivity index (χ0n) is 12.0. The van der Waals surface area contributed by atoms with Crippen LogP contribution in [0.5, 0.6) is 5.75 Å². The fourth-order valence-electron chi connectivity index (χ4n) is 1.88. The molecule has 108 valence electrons. The van der Waals surface area contributed by atoms with Crippen LogP contribution in [-0.4, -0.2) is 5.88 Å². The molecule has 0 amide bonds. The predicted octanol–water partition coefficient (Wildman–Crippen LogP) is 4.61. The van der Waals surface area contributed by atoms with Gasteiger partial charge in [0, 0.05) is 6.07 Å². The van der Waals surface area contributed by atoms with E-state index in [2.05, 4.69) is 37.8 Å². The minimum absolute atomic E-state index is 0.185. The third-order valence-electron chi connectivity index (χ3n) is 3.21. The molecular weight excluding hydrogens is 287 g/mol. The van der Waals surface area contributed by atoms with Crippen molar-refractivity contribution in [3.8, 4) is 17.6 Å². The van der Waals surface area contributed by atoms with Crippen molar-refractivity contribution >= 4 is 11.6 Å². The van der Waals surface area contributed by atoms with Crippen molar-refractivity contribution in [3.63, 3.8) is 0 Å². The summed E-state index contributed by atoms with van der Waals surface area (Å²) < 4.78 is 19.4. The van der Waals surface area contributed by atoms with E-state index in [1.54, 1.807) is 12.1 Å². The van der Waals surface area contributed by atoms with Crippen LogP contribution in [0.4, 0.5) is 4.39 Å². The average Bonchev–Trinajstić information content (AvgIpc) is 2.47. The Morgan fingerprint density at radius 1 is 1.10 bits per heavy atom. The minimum Gasteiger partial charge on any atom is -0.489 e. The van der Waals surface area contributed by atoms with E-state index < -0.39 is 5.82 Å². The molecule has 0 atom stereocenters. The first kappa shape index (κ1) is 15.4. The Balaban J connectivity index is 2.06. The van der Waals surface area contributed by atoms with E-state index in [-0.39, 0.29) is 5.88 Å². The third kappa shape index (κ3) is 4.24. The van der Waals surface area contributed by atoms with Crippen LogP contribution in [0, 0.1) is 31.5 Å². The van der Waals surface area contributed by atoms with Gasteiger partial charge in [0.2, 0.25) is 0 Å². The number of hydrogen-bond donors (Lipinski definition) is 0. The SMILES string of the molecule is Cc1ccc(COc2ccc(C#CCCl)c(F)c2)cc1C. The highest BCUT2D eigenvalue weighted by Gasteiger charge is 2.03. The predicted molar refractivity (Wildman–Crippen MR) is 84.2 cm³/mol. The molecule has 0 unspecified atom stereocenters. The molecule has 0 radical (unpaired) electrons. The highest BCUT2D eigenvalue weighted by atomic mass is 35.5. The number of ether oxygens (including phenoxy) is 1. The standard InChI is InChI=1S/C18H16ClFO/c1-13-5-6-15(10-14(13)2)12-21-17-8-7-16(4-3-9-19)18(20)11-17/h5-8,10-11H,9,12H2,1-2H3. The summed E-state index contributed by atoms with van der Waals surface area (Å²) in [6.45, 7) is 4.53. The number of rotatable bonds is 3. The van der Waals surface area contributed by atoms with E-state index in [9.17, 15) is 4.39 Å². The molecule has 3 heteroatoms. The van der Waals surface area contributed by atoms with Crippen molar-refractivity contribution in [1.82, 2.24) is 0 Å². The van der Waals surface area contributed by atoms with Crippen LogP contribution in [0.25, 0.3) is 0 Å². The first-order valence-corrected chi connectivity index (χ1v) is 7.17. The van der Waals surface area contributed by atoms with Gasteiger partial charge >= 0.3 is 0 Å². The fourth-order valence-corrected chi connectivity index (χ4v) is 1.94. The summed E-state index contributed by atoms with van der Waals surface area (Å²) >= 11 is 5.46. The van der Waals surface area contributed by atoms with Gasteiger partial charge in [-0.15, -0.1) is 11.6 Å². The third-order valence-corrected chi connectivity index (χ3v) is 3.34. The van der Waals surface area contributed by atoms with Gasteiger partial charge in [0.05, 0.1) is 11.4 Å². The second-order valence-corrected chi connectivity index (χ2v) is 5.05. The lowest BCUT2D eigenvalue weighted by atomic mass is 10.1. The second kappa shape index (κ2) is 7.15. The van der Waals surface area contributed by atoms with Crippen LogP contribution in [0.15, 0.2) is 36.4 Å². The number of aryl methyl sites for hydroxylation is 2. The highest BCUT2D eigenvalue weighted by Crippen LogP contribution is 2.18. The molecule has 2 aromatic rings.